The lowest BCUT2D eigenvalue weighted by molar-refractivity contribution is -0.126. The second kappa shape index (κ2) is 9.21. The molecule has 6 heteroatoms. The van der Waals surface area contributed by atoms with Crippen LogP contribution in [0, 0.1) is 11.8 Å². The van der Waals surface area contributed by atoms with Gasteiger partial charge in [0, 0.05) is 32.1 Å². The Hall–Kier alpha value is -1.82. The lowest BCUT2D eigenvalue weighted by Gasteiger charge is -2.31. The molecule has 0 saturated carbocycles. The Labute approximate surface area is 155 Å². The summed E-state index contributed by atoms with van der Waals surface area (Å²) < 4.78 is 5.18. The molecule has 1 N–H and O–H groups in total. The molecule has 0 bridgehead atoms. The normalized spacial score (nSPS) is 20.7. The number of furan rings is 1. The predicted molar refractivity (Wildman–Crippen MR) is 99.8 cm³/mol. The lowest BCUT2D eigenvalue weighted by atomic mass is 9.95. The van der Waals surface area contributed by atoms with Crippen molar-refractivity contribution in [1.82, 2.24) is 15.1 Å². The minimum Gasteiger partial charge on any atom is -0.459 e. The van der Waals surface area contributed by atoms with Gasteiger partial charge in [-0.1, -0.05) is 13.3 Å². The summed E-state index contributed by atoms with van der Waals surface area (Å²) in [7, 11) is 0. The van der Waals surface area contributed by atoms with Crippen LogP contribution in [0.2, 0.25) is 0 Å². The summed E-state index contributed by atoms with van der Waals surface area (Å²) in [6.07, 6.45) is 6.90. The van der Waals surface area contributed by atoms with Crippen molar-refractivity contribution in [2.24, 2.45) is 11.8 Å². The minimum absolute atomic E-state index is 0.0119. The molecular weight excluding hydrogens is 330 g/mol. The molecule has 1 atom stereocenters. The maximum atomic E-state index is 12.5. The fourth-order valence-electron chi connectivity index (χ4n) is 3.97. The number of hydrogen-bond acceptors (Lipinski definition) is 4. The van der Waals surface area contributed by atoms with Crippen LogP contribution in [0.4, 0.5) is 0 Å². The average molecular weight is 361 g/mol. The summed E-state index contributed by atoms with van der Waals surface area (Å²) in [6, 6.07) is 3.41. The molecule has 0 aliphatic carbocycles. The van der Waals surface area contributed by atoms with E-state index < -0.39 is 0 Å². The van der Waals surface area contributed by atoms with E-state index in [1.165, 1.54) is 38.6 Å². The molecule has 1 unspecified atom stereocenters. The lowest BCUT2D eigenvalue weighted by Crippen LogP contribution is -2.44. The first-order chi connectivity index (χ1) is 12.6. The molecule has 0 radical (unpaired) electrons. The highest BCUT2D eigenvalue weighted by Crippen LogP contribution is 2.19. The molecule has 3 heterocycles. The third-order valence-corrected chi connectivity index (χ3v) is 5.53. The van der Waals surface area contributed by atoms with E-state index >= 15 is 0 Å². The first-order valence-electron chi connectivity index (χ1n) is 9.96. The van der Waals surface area contributed by atoms with Gasteiger partial charge in [-0.05, 0) is 56.8 Å². The molecule has 2 aliphatic heterocycles. The SMILES string of the molecule is CC(CNC(=O)C1CCN(C(=O)c2ccco2)CC1)CN1CCCCC1. The van der Waals surface area contributed by atoms with Gasteiger partial charge in [-0.2, -0.15) is 0 Å². The smallest absolute Gasteiger partial charge is 0.289 e. The molecule has 3 rings (SSSR count). The standard InChI is InChI=1S/C20H31N3O3/c1-16(15-22-9-3-2-4-10-22)14-21-19(24)17-7-11-23(12-8-17)20(25)18-6-5-13-26-18/h5-6,13,16-17H,2-4,7-12,14-15H2,1H3,(H,21,24). The molecule has 1 aromatic rings. The average Bonchev–Trinajstić information content (AvgIpc) is 3.21. The van der Waals surface area contributed by atoms with E-state index in [1.807, 2.05) is 0 Å². The largest absolute Gasteiger partial charge is 0.459 e. The molecule has 0 aromatic carbocycles. The van der Waals surface area contributed by atoms with E-state index in [0.717, 1.165) is 25.9 Å². The van der Waals surface area contributed by atoms with Crippen LogP contribution in [0.3, 0.4) is 0 Å². The van der Waals surface area contributed by atoms with Gasteiger partial charge >= 0.3 is 0 Å². The van der Waals surface area contributed by atoms with Gasteiger partial charge in [0.15, 0.2) is 5.76 Å². The molecule has 1 aromatic heterocycles. The van der Waals surface area contributed by atoms with Crippen LogP contribution >= 0.6 is 0 Å². The number of piperidine rings is 2. The van der Waals surface area contributed by atoms with E-state index in [4.69, 9.17) is 4.42 Å². The maximum absolute atomic E-state index is 12.5. The first-order valence-corrected chi connectivity index (χ1v) is 9.96. The Morgan fingerprint density at radius 1 is 1.19 bits per heavy atom. The summed E-state index contributed by atoms with van der Waals surface area (Å²) in [5.74, 6) is 0.916. The number of carbonyl (C=O) groups is 2. The van der Waals surface area contributed by atoms with Gasteiger partial charge in [-0.3, -0.25) is 9.59 Å². The Morgan fingerprint density at radius 2 is 1.92 bits per heavy atom. The number of nitrogens with one attached hydrogen (secondary N) is 1. The zero-order valence-corrected chi connectivity index (χ0v) is 15.8. The zero-order chi connectivity index (χ0) is 18.4. The van der Waals surface area contributed by atoms with Gasteiger partial charge in [0.2, 0.25) is 5.91 Å². The summed E-state index contributed by atoms with van der Waals surface area (Å²) in [5, 5.41) is 3.13. The van der Waals surface area contributed by atoms with E-state index in [2.05, 4.69) is 17.1 Å². The van der Waals surface area contributed by atoms with Crippen molar-refractivity contribution in [2.45, 2.75) is 39.0 Å². The molecule has 6 nitrogen and oxygen atoms in total. The highest BCUT2D eigenvalue weighted by atomic mass is 16.3. The first kappa shape index (κ1) is 19.0. The van der Waals surface area contributed by atoms with Crippen LogP contribution in [-0.2, 0) is 4.79 Å². The van der Waals surface area contributed by atoms with Crippen molar-refractivity contribution >= 4 is 11.8 Å². The van der Waals surface area contributed by atoms with E-state index in [1.54, 1.807) is 17.0 Å². The Bertz CT molecular complexity index is 573. The Balaban J connectivity index is 1.36. The number of hydrogen-bond donors (Lipinski definition) is 1. The minimum atomic E-state index is -0.0796. The molecule has 2 saturated heterocycles. The van der Waals surface area contributed by atoms with Crippen molar-refractivity contribution < 1.29 is 14.0 Å². The molecule has 0 spiro atoms. The summed E-state index contributed by atoms with van der Waals surface area (Å²) in [4.78, 5) is 29.0. The fourth-order valence-corrected chi connectivity index (χ4v) is 3.97. The molecular formula is C20H31N3O3. The van der Waals surface area contributed by atoms with Crippen LogP contribution in [-0.4, -0.2) is 60.9 Å². The van der Waals surface area contributed by atoms with E-state index in [9.17, 15) is 9.59 Å². The topological polar surface area (TPSA) is 65.8 Å². The summed E-state index contributed by atoms with van der Waals surface area (Å²) >= 11 is 0. The van der Waals surface area contributed by atoms with Crippen LogP contribution in [0.15, 0.2) is 22.8 Å². The van der Waals surface area contributed by atoms with Gasteiger partial charge < -0.3 is 19.5 Å². The second-order valence-corrected chi connectivity index (χ2v) is 7.76. The number of nitrogens with zero attached hydrogens (tertiary/aromatic N) is 2. The highest BCUT2D eigenvalue weighted by Gasteiger charge is 2.28. The fraction of sp³-hybridized carbons (Fsp3) is 0.700. The Kier molecular flexibility index (Phi) is 6.72. The quantitative estimate of drug-likeness (QED) is 0.845. The van der Waals surface area contributed by atoms with Crippen LogP contribution < -0.4 is 5.32 Å². The van der Waals surface area contributed by atoms with Gasteiger partial charge in [-0.15, -0.1) is 0 Å². The highest BCUT2D eigenvalue weighted by molar-refractivity contribution is 5.91. The van der Waals surface area contributed by atoms with Gasteiger partial charge in [0.05, 0.1) is 6.26 Å². The molecule has 2 aliphatic rings. The van der Waals surface area contributed by atoms with Gasteiger partial charge in [0.25, 0.3) is 5.91 Å². The molecule has 2 fully saturated rings. The second-order valence-electron chi connectivity index (χ2n) is 7.76. The monoisotopic (exact) mass is 361 g/mol. The van der Waals surface area contributed by atoms with E-state index in [-0.39, 0.29) is 17.7 Å². The third-order valence-electron chi connectivity index (χ3n) is 5.53. The molecule has 2 amide bonds. The van der Waals surface area contributed by atoms with Gasteiger partial charge in [0.1, 0.15) is 0 Å². The summed E-state index contributed by atoms with van der Waals surface area (Å²) in [6.45, 7) is 7.62. The Morgan fingerprint density at radius 3 is 2.58 bits per heavy atom. The van der Waals surface area contributed by atoms with Crippen molar-refractivity contribution in [3.05, 3.63) is 24.2 Å². The van der Waals surface area contributed by atoms with Crippen molar-refractivity contribution in [3.8, 4) is 0 Å². The molecule has 144 valence electrons. The maximum Gasteiger partial charge on any atom is 0.289 e. The summed E-state index contributed by atoms with van der Waals surface area (Å²) in [5.41, 5.74) is 0. The number of carbonyl (C=O) groups excluding carboxylic acids is 2. The van der Waals surface area contributed by atoms with E-state index in [0.29, 0.717) is 24.8 Å². The number of rotatable bonds is 6. The zero-order valence-electron chi connectivity index (χ0n) is 15.8. The van der Waals surface area contributed by atoms with Crippen molar-refractivity contribution in [3.63, 3.8) is 0 Å². The number of amides is 2. The van der Waals surface area contributed by atoms with Crippen LogP contribution in [0.1, 0.15) is 49.6 Å². The van der Waals surface area contributed by atoms with Crippen LogP contribution in [0.5, 0.6) is 0 Å². The molecule has 26 heavy (non-hydrogen) atoms. The van der Waals surface area contributed by atoms with Crippen molar-refractivity contribution in [1.29, 1.82) is 0 Å². The predicted octanol–water partition coefficient (Wildman–Crippen LogP) is 2.37. The van der Waals surface area contributed by atoms with Gasteiger partial charge in [-0.25, -0.2) is 0 Å². The van der Waals surface area contributed by atoms with Crippen molar-refractivity contribution in [2.75, 3.05) is 39.3 Å². The van der Waals surface area contributed by atoms with Crippen LogP contribution in [0.25, 0.3) is 0 Å². The number of likely N-dealkylation sites (tertiary alicyclic amines) is 2. The third kappa shape index (κ3) is 5.10.